The minimum absolute atomic E-state index is 0.171. The number of rotatable bonds is 3. The van der Waals surface area contributed by atoms with E-state index >= 15 is 0 Å². The Bertz CT molecular complexity index is 841. The molecule has 0 spiro atoms. The normalized spacial score (nSPS) is 18.8. The smallest absolute Gasteiger partial charge is 0.340 e. The van der Waals surface area contributed by atoms with E-state index < -0.39 is 6.03 Å². The van der Waals surface area contributed by atoms with E-state index in [0.29, 0.717) is 31.4 Å². The van der Waals surface area contributed by atoms with Gasteiger partial charge in [-0.2, -0.15) is 9.78 Å². The van der Waals surface area contributed by atoms with Crippen molar-refractivity contribution in [3.8, 4) is 0 Å². The minimum atomic E-state index is -0.603. The molecule has 26 heavy (non-hydrogen) atoms. The number of carbonyl (C=O) groups excluding carboxylic acids is 2. The first-order valence-corrected chi connectivity index (χ1v) is 8.99. The van der Waals surface area contributed by atoms with Crippen LogP contribution in [0.25, 0.3) is 10.9 Å². The van der Waals surface area contributed by atoms with Crippen LogP contribution in [0.5, 0.6) is 0 Å². The highest BCUT2D eigenvalue weighted by atomic mass is 16.5. The standard InChI is InChI=1S/C18H23N5O3/c19-18(25)23-16-3-1-13-2-4-17(24)22(12-15(13)14(16)11-20-23)6-5-21-7-9-26-10-8-21/h1,3,11H,2,4-10,12H2,(H2,19,25). The van der Waals surface area contributed by atoms with Crippen molar-refractivity contribution in [2.24, 2.45) is 5.73 Å². The van der Waals surface area contributed by atoms with Crippen molar-refractivity contribution in [3.63, 3.8) is 0 Å². The second kappa shape index (κ2) is 7.05. The number of fused-ring (bicyclic) bond motifs is 3. The van der Waals surface area contributed by atoms with Crippen LogP contribution in [0.15, 0.2) is 18.3 Å². The molecule has 8 heteroatoms. The van der Waals surface area contributed by atoms with Gasteiger partial charge in [0.05, 0.1) is 24.9 Å². The summed E-state index contributed by atoms with van der Waals surface area (Å²) in [6, 6.07) is 3.24. The molecule has 4 rings (SSSR count). The highest BCUT2D eigenvalue weighted by Crippen LogP contribution is 2.27. The lowest BCUT2D eigenvalue weighted by Gasteiger charge is -2.29. The summed E-state index contributed by atoms with van der Waals surface area (Å²) in [6.07, 6.45) is 2.89. The average molecular weight is 357 g/mol. The molecule has 0 bridgehead atoms. The third-order valence-electron chi connectivity index (χ3n) is 5.27. The molecule has 138 valence electrons. The molecule has 1 aromatic carbocycles. The first-order valence-electron chi connectivity index (χ1n) is 8.99. The van der Waals surface area contributed by atoms with Gasteiger partial charge in [0.25, 0.3) is 0 Å². The molecule has 0 radical (unpaired) electrons. The number of aromatic nitrogens is 2. The Labute approximate surface area is 151 Å². The number of morpholine rings is 1. The number of hydrogen-bond acceptors (Lipinski definition) is 5. The number of nitrogens with zero attached hydrogens (tertiary/aromatic N) is 4. The van der Waals surface area contributed by atoms with E-state index in [9.17, 15) is 9.59 Å². The zero-order valence-electron chi connectivity index (χ0n) is 14.7. The fraction of sp³-hybridized carbons (Fsp3) is 0.500. The second-order valence-corrected chi connectivity index (χ2v) is 6.80. The molecule has 0 unspecified atom stereocenters. The Balaban J connectivity index is 1.59. The number of hydrogen-bond donors (Lipinski definition) is 1. The van der Waals surface area contributed by atoms with Gasteiger partial charge in [0.1, 0.15) is 0 Å². The number of aryl methyl sites for hydroxylation is 1. The molecule has 1 fully saturated rings. The van der Waals surface area contributed by atoms with Gasteiger partial charge in [-0.1, -0.05) is 6.07 Å². The molecule has 3 heterocycles. The van der Waals surface area contributed by atoms with Crippen molar-refractivity contribution >= 4 is 22.8 Å². The van der Waals surface area contributed by atoms with Gasteiger partial charge in [-0.15, -0.1) is 0 Å². The van der Waals surface area contributed by atoms with Crippen LogP contribution in [0.2, 0.25) is 0 Å². The molecular weight excluding hydrogens is 334 g/mol. The lowest BCUT2D eigenvalue weighted by atomic mass is 10.0. The lowest BCUT2D eigenvalue weighted by Crippen LogP contribution is -2.42. The molecule has 2 aliphatic heterocycles. The molecule has 2 N–H and O–H groups in total. The Kier molecular flexibility index (Phi) is 4.60. The number of ether oxygens (including phenoxy) is 1. The van der Waals surface area contributed by atoms with E-state index in [-0.39, 0.29) is 5.91 Å². The summed E-state index contributed by atoms with van der Waals surface area (Å²) in [5.41, 5.74) is 8.30. The fourth-order valence-electron chi connectivity index (χ4n) is 3.77. The maximum Gasteiger partial charge on any atom is 0.340 e. The molecule has 8 nitrogen and oxygen atoms in total. The lowest BCUT2D eigenvalue weighted by molar-refractivity contribution is -0.131. The van der Waals surface area contributed by atoms with E-state index in [1.807, 2.05) is 17.0 Å². The summed E-state index contributed by atoms with van der Waals surface area (Å²) in [4.78, 5) is 28.4. The highest BCUT2D eigenvalue weighted by Gasteiger charge is 2.24. The quantitative estimate of drug-likeness (QED) is 0.867. The summed E-state index contributed by atoms with van der Waals surface area (Å²) in [5.74, 6) is 0.171. The topological polar surface area (TPSA) is 93.7 Å². The van der Waals surface area contributed by atoms with Crippen LogP contribution in [-0.4, -0.2) is 70.9 Å². The van der Waals surface area contributed by atoms with Crippen LogP contribution >= 0.6 is 0 Å². The van der Waals surface area contributed by atoms with Crippen LogP contribution in [0, 0.1) is 0 Å². The minimum Gasteiger partial charge on any atom is -0.379 e. The van der Waals surface area contributed by atoms with Crippen LogP contribution < -0.4 is 5.73 Å². The van der Waals surface area contributed by atoms with Gasteiger partial charge in [-0.05, 0) is 23.6 Å². The fourth-order valence-corrected chi connectivity index (χ4v) is 3.77. The van der Waals surface area contributed by atoms with E-state index in [2.05, 4.69) is 10.00 Å². The second-order valence-electron chi connectivity index (χ2n) is 6.80. The number of benzene rings is 1. The number of carbonyl (C=O) groups is 2. The molecule has 0 atom stereocenters. The first-order chi connectivity index (χ1) is 12.6. The van der Waals surface area contributed by atoms with Crippen LogP contribution in [0.1, 0.15) is 17.5 Å². The van der Waals surface area contributed by atoms with E-state index in [0.717, 1.165) is 49.4 Å². The summed E-state index contributed by atoms with van der Waals surface area (Å²) in [6.45, 7) is 5.41. The predicted molar refractivity (Wildman–Crippen MR) is 95.7 cm³/mol. The summed E-state index contributed by atoms with van der Waals surface area (Å²) in [5, 5.41) is 5.01. The van der Waals surface area contributed by atoms with Crippen LogP contribution in [-0.2, 0) is 22.5 Å². The zero-order chi connectivity index (χ0) is 18.1. The Morgan fingerprint density at radius 1 is 1.19 bits per heavy atom. The molecule has 1 aromatic heterocycles. The molecule has 0 aliphatic carbocycles. The molecule has 2 amide bonds. The van der Waals surface area contributed by atoms with Gasteiger partial charge >= 0.3 is 6.03 Å². The van der Waals surface area contributed by atoms with Crippen molar-refractivity contribution in [1.29, 1.82) is 0 Å². The molecule has 2 aromatic rings. The predicted octanol–water partition coefficient (Wildman–Crippen LogP) is 0.570. The average Bonchev–Trinajstić information content (AvgIpc) is 3.02. The first kappa shape index (κ1) is 17.0. The van der Waals surface area contributed by atoms with Gasteiger partial charge in [-0.25, -0.2) is 4.79 Å². The van der Waals surface area contributed by atoms with E-state index in [1.54, 1.807) is 6.20 Å². The summed E-state index contributed by atoms with van der Waals surface area (Å²) >= 11 is 0. The number of nitrogens with two attached hydrogens (primary N) is 1. The largest absolute Gasteiger partial charge is 0.379 e. The number of primary amides is 1. The van der Waals surface area contributed by atoms with Crippen molar-refractivity contribution in [2.75, 3.05) is 39.4 Å². The summed E-state index contributed by atoms with van der Waals surface area (Å²) < 4.78 is 6.59. The van der Waals surface area contributed by atoms with Crippen molar-refractivity contribution in [1.82, 2.24) is 19.6 Å². The molecule has 0 saturated carbocycles. The van der Waals surface area contributed by atoms with Crippen molar-refractivity contribution in [3.05, 3.63) is 29.5 Å². The SMILES string of the molecule is NC(=O)n1ncc2c3c(ccc21)CCC(=O)N(CCN1CCOCC1)C3. The molecule has 2 aliphatic rings. The van der Waals surface area contributed by atoms with Crippen molar-refractivity contribution in [2.45, 2.75) is 19.4 Å². The molecular formula is C18H23N5O3. The van der Waals surface area contributed by atoms with Gasteiger partial charge in [-0.3, -0.25) is 9.69 Å². The zero-order valence-corrected chi connectivity index (χ0v) is 14.7. The Hall–Kier alpha value is -2.45. The Morgan fingerprint density at radius 2 is 2.00 bits per heavy atom. The number of amides is 2. The van der Waals surface area contributed by atoms with Gasteiger partial charge in [0.2, 0.25) is 5.91 Å². The maximum atomic E-state index is 12.6. The summed E-state index contributed by atoms with van der Waals surface area (Å²) in [7, 11) is 0. The monoisotopic (exact) mass is 357 g/mol. The van der Waals surface area contributed by atoms with Crippen LogP contribution in [0.4, 0.5) is 4.79 Å². The maximum absolute atomic E-state index is 12.6. The van der Waals surface area contributed by atoms with Crippen molar-refractivity contribution < 1.29 is 14.3 Å². The Morgan fingerprint density at radius 3 is 2.77 bits per heavy atom. The van der Waals surface area contributed by atoms with E-state index in [4.69, 9.17) is 10.5 Å². The highest BCUT2D eigenvalue weighted by molar-refractivity contribution is 5.92. The van der Waals surface area contributed by atoms with Gasteiger partial charge in [0.15, 0.2) is 0 Å². The third-order valence-corrected chi connectivity index (χ3v) is 5.27. The molecule has 1 saturated heterocycles. The third kappa shape index (κ3) is 3.17. The van der Waals surface area contributed by atoms with Crippen LogP contribution in [0.3, 0.4) is 0 Å². The van der Waals surface area contributed by atoms with E-state index in [1.165, 1.54) is 4.68 Å². The van der Waals surface area contributed by atoms with Gasteiger partial charge in [0, 0.05) is 44.5 Å². The van der Waals surface area contributed by atoms with Gasteiger partial charge < -0.3 is 15.4 Å².